The van der Waals surface area contributed by atoms with Crippen LogP contribution >= 0.6 is 35.7 Å². The molecular weight excluding hydrogens is 381 g/mol. The Kier molecular flexibility index (Phi) is 5.23. The summed E-state index contributed by atoms with van der Waals surface area (Å²) in [5.41, 5.74) is 9.98. The van der Waals surface area contributed by atoms with Crippen molar-refractivity contribution in [1.29, 1.82) is 0 Å². The molecule has 0 unspecified atom stereocenters. The maximum atomic E-state index is 5.97. The minimum absolute atomic E-state index is 0. The molecule has 0 amide bonds. The highest BCUT2D eigenvalue weighted by atomic mass is 127. The van der Waals surface area contributed by atoms with E-state index in [2.05, 4.69) is 34.8 Å². The Morgan fingerprint density at radius 1 is 1.35 bits per heavy atom. The van der Waals surface area contributed by atoms with E-state index in [4.69, 9.17) is 5.73 Å². The van der Waals surface area contributed by atoms with Gasteiger partial charge in [0, 0.05) is 10.4 Å². The summed E-state index contributed by atoms with van der Waals surface area (Å²) in [4.78, 5) is 4.48. The quantitative estimate of drug-likeness (QED) is 0.460. The number of guanidine groups is 1. The summed E-state index contributed by atoms with van der Waals surface area (Å²) in [5.74, 6) is 0.540. The van der Waals surface area contributed by atoms with E-state index in [0.29, 0.717) is 10.7 Å². The van der Waals surface area contributed by atoms with Crippen LogP contribution in [0.2, 0.25) is 0 Å². The Balaban J connectivity index is 0.00000147. The van der Waals surface area contributed by atoms with Crippen LogP contribution < -0.4 is 11.1 Å². The number of benzene rings is 1. The van der Waals surface area contributed by atoms with Crippen molar-refractivity contribution < 1.29 is 0 Å². The maximum absolute atomic E-state index is 5.97. The molecule has 0 heterocycles. The molecule has 1 aromatic carbocycles. The number of thioether (sulfide) groups is 1. The van der Waals surface area contributed by atoms with Crippen LogP contribution in [0.3, 0.4) is 0 Å². The van der Waals surface area contributed by atoms with Gasteiger partial charge in [0.25, 0.3) is 0 Å². The second kappa shape index (κ2) is 6.56. The van der Waals surface area contributed by atoms with Crippen LogP contribution in [0.4, 0.5) is 5.69 Å². The normalized spacial score (nSPS) is 19.1. The van der Waals surface area contributed by atoms with E-state index in [0.717, 1.165) is 12.2 Å². The molecule has 0 atom stereocenters. The highest BCUT2D eigenvalue weighted by Gasteiger charge is 2.41. The van der Waals surface area contributed by atoms with Crippen LogP contribution in [0.1, 0.15) is 30.4 Å². The second-order valence-electron chi connectivity index (χ2n) is 5.55. The van der Waals surface area contributed by atoms with Crippen molar-refractivity contribution in [3.63, 3.8) is 0 Å². The molecule has 20 heavy (non-hydrogen) atoms. The number of hydrogen-bond donors (Lipinski definition) is 2. The van der Waals surface area contributed by atoms with E-state index < -0.39 is 0 Å². The molecule has 0 spiro atoms. The van der Waals surface area contributed by atoms with Crippen molar-refractivity contribution in [2.75, 3.05) is 18.1 Å². The van der Waals surface area contributed by atoms with E-state index in [-0.39, 0.29) is 24.0 Å². The third-order valence-electron chi connectivity index (χ3n) is 4.15. The van der Waals surface area contributed by atoms with Gasteiger partial charge in [-0.1, -0.05) is 6.07 Å². The minimum Gasteiger partial charge on any atom is -0.370 e. The van der Waals surface area contributed by atoms with E-state index >= 15 is 0 Å². The summed E-state index contributed by atoms with van der Waals surface area (Å²) in [6.07, 6.45) is 8.38. The molecule has 1 fully saturated rings. The molecule has 3 rings (SSSR count). The summed E-state index contributed by atoms with van der Waals surface area (Å²) in [5, 5.41) is 3.21. The molecule has 2 aliphatic rings. The molecule has 0 radical (unpaired) electrons. The summed E-state index contributed by atoms with van der Waals surface area (Å²) in [6, 6.07) is 6.53. The predicted molar refractivity (Wildman–Crippen MR) is 99.5 cm³/mol. The lowest BCUT2D eigenvalue weighted by molar-refractivity contribution is 0.901. The van der Waals surface area contributed by atoms with Crippen LogP contribution in [-0.4, -0.2) is 23.5 Å². The van der Waals surface area contributed by atoms with Gasteiger partial charge in [0.2, 0.25) is 0 Å². The first kappa shape index (κ1) is 15.9. The third-order valence-corrected chi connectivity index (χ3v) is 5.55. The number of nitrogens with zero attached hydrogens (tertiary/aromatic N) is 1. The number of rotatable bonds is 4. The van der Waals surface area contributed by atoms with E-state index in [1.165, 1.54) is 43.2 Å². The summed E-state index contributed by atoms with van der Waals surface area (Å²) < 4.78 is 0.379. The Morgan fingerprint density at radius 3 is 2.80 bits per heavy atom. The van der Waals surface area contributed by atoms with Gasteiger partial charge in [-0.25, -0.2) is 0 Å². The van der Waals surface area contributed by atoms with Crippen LogP contribution in [-0.2, 0) is 12.8 Å². The summed E-state index contributed by atoms with van der Waals surface area (Å²) in [6.45, 7) is 0.831. The Bertz CT molecular complexity index is 512. The number of anilines is 1. The Labute approximate surface area is 142 Å². The van der Waals surface area contributed by atoms with Gasteiger partial charge < -0.3 is 11.1 Å². The lowest BCUT2D eigenvalue weighted by atomic mass is 10.1. The molecule has 3 nitrogen and oxygen atoms in total. The zero-order chi connectivity index (χ0) is 13.3. The molecule has 0 saturated heterocycles. The molecule has 1 aromatic rings. The predicted octanol–water partition coefficient (Wildman–Crippen LogP) is 3.42. The van der Waals surface area contributed by atoms with Gasteiger partial charge in [-0.2, -0.15) is 11.8 Å². The molecule has 110 valence electrons. The average Bonchev–Trinajstić information content (AvgIpc) is 3.06. The van der Waals surface area contributed by atoms with E-state index in [9.17, 15) is 0 Å². The lowest BCUT2D eigenvalue weighted by Crippen LogP contribution is -2.24. The fourth-order valence-electron chi connectivity index (χ4n) is 2.63. The lowest BCUT2D eigenvalue weighted by Gasteiger charge is -2.11. The second-order valence-corrected chi connectivity index (χ2v) is 6.82. The Hall–Kier alpha value is -0.430. The first-order valence-electron chi connectivity index (χ1n) is 6.95. The first-order chi connectivity index (χ1) is 9.21. The Morgan fingerprint density at radius 2 is 2.10 bits per heavy atom. The molecule has 1 saturated carbocycles. The van der Waals surface area contributed by atoms with Crippen LogP contribution in [0.5, 0.6) is 0 Å². The zero-order valence-electron chi connectivity index (χ0n) is 11.8. The maximum Gasteiger partial charge on any atom is 0.193 e. The molecule has 5 heteroatoms. The van der Waals surface area contributed by atoms with Gasteiger partial charge in [0.15, 0.2) is 5.96 Å². The van der Waals surface area contributed by atoms with Crippen molar-refractivity contribution in [2.24, 2.45) is 10.7 Å². The molecular formula is C15H22IN3S. The topological polar surface area (TPSA) is 50.4 Å². The smallest absolute Gasteiger partial charge is 0.193 e. The van der Waals surface area contributed by atoms with Crippen molar-refractivity contribution in [3.8, 4) is 0 Å². The van der Waals surface area contributed by atoms with Gasteiger partial charge in [-0.15, -0.1) is 24.0 Å². The van der Waals surface area contributed by atoms with Gasteiger partial charge in [0.1, 0.15) is 0 Å². The standard InChI is InChI=1S/C15H21N3S.HI/c1-19-15(7-8-15)10-17-14(16)18-13-6-5-11-3-2-4-12(11)9-13;/h5-6,9H,2-4,7-8,10H2,1H3,(H3,16,17,18);1H. The van der Waals surface area contributed by atoms with Crippen LogP contribution in [0, 0.1) is 0 Å². The third kappa shape index (κ3) is 3.61. The molecule has 0 bridgehead atoms. The van der Waals surface area contributed by atoms with E-state index in [1.807, 2.05) is 11.8 Å². The van der Waals surface area contributed by atoms with Crippen molar-refractivity contribution in [2.45, 2.75) is 36.9 Å². The van der Waals surface area contributed by atoms with Crippen molar-refractivity contribution in [1.82, 2.24) is 0 Å². The largest absolute Gasteiger partial charge is 0.370 e. The fraction of sp³-hybridized carbons (Fsp3) is 0.533. The highest BCUT2D eigenvalue weighted by molar-refractivity contribution is 14.0. The molecule has 0 aromatic heterocycles. The van der Waals surface area contributed by atoms with Crippen LogP contribution in [0.25, 0.3) is 0 Å². The van der Waals surface area contributed by atoms with Crippen LogP contribution in [0.15, 0.2) is 23.2 Å². The SMILES string of the molecule is CSC1(CN=C(N)Nc2ccc3c(c2)CCC3)CC1.I. The summed E-state index contributed by atoms with van der Waals surface area (Å²) in [7, 11) is 0. The number of hydrogen-bond acceptors (Lipinski definition) is 2. The summed E-state index contributed by atoms with van der Waals surface area (Å²) >= 11 is 1.91. The monoisotopic (exact) mass is 403 g/mol. The molecule has 2 aliphatic carbocycles. The van der Waals surface area contributed by atoms with Gasteiger partial charge in [0.05, 0.1) is 6.54 Å². The van der Waals surface area contributed by atoms with Gasteiger partial charge >= 0.3 is 0 Å². The number of nitrogens with one attached hydrogen (secondary N) is 1. The molecule has 0 aliphatic heterocycles. The van der Waals surface area contributed by atoms with Gasteiger partial charge in [-0.05, 0) is 61.6 Å². The molecule has 3 N–H and O–H groups in total. The minimum atomic E-state index is 0. The number of fused-ring (bicyclic) bond motifs is 1. The fourth-order valence-corrected chi connectivity index (χ4v) is 3.34. The number of aliphatic imine (C=N–C) groups is 1. The average molecular weight is 403 g/mol. The first-order valence-corrected chi connectivity index (χ1v) is 8.17. The zero-order valence-corrected chi connectivity index (χ0v) is 15.0. The number of nitrogens with two attached hydrogens (primary N) is 1. The van der Waals surface area contributed by atoms with Crippen molar-refractivity contribution in [3.05, 3.63) is 29.3 Å². The highest BCUT2D eigenvalue weighted by Crippen LogP contribution is 2.47. The van der Waals surface area contributed by atoms with Gasteiger partial charge in [-0.3, -0.25) is 4.99 Å². The van der Waals surface area contributed by atoms with E-state index in [1.54, 1.807) is 0 Å². The number of halogens is 1. The van der Waals surface area contributed by atoms with Crippen molar-refractivity contribution >= 4 is 47.4 Å². The number of aryl methyl sites for hydroxylation is 2.